The van der Waals surface area contributed by atoms with Gasteiger partial charge in [0.1, 0.15) is 18.1 Å². The minimum absolute atomic E-state index is 0.0534. The molecule has 0 spiro atoms. The van der Waals surface area contributed by atoms with E-state index in [4.69, 9.17) is 10.8 Å². The number of aliphatic hydroxyl groups is 1. The van der Waals surface area contributed by atoms with Gasteiger partial charge in [0.05, 0.1) is 12.1 Å². The first-order valence-electron chi connectivity index (χ1n) is 13.3. The van der Waals surface area contributed by atoms with Gasteiger partial charge in [0.25, 0.3) is 0 Å². The molecule has 0 aliphatic rings. The maximum atomic E-state index is 13.1. The zero-order chi connectivity index (χ0) is 30.8. The third-order valence-corrected chi connectivity index (χ3v) is 6.69. The molecule has 0 saturated carbocycles. The smallest absolute Gasteiger partial charge is 0.326 e. The Morgan fingerprint density at radius 2 is 1.48 bits per heavy atom. The van der Waals surface area contributed by atoms with E-state index in [0.717, 1.165) is 16.5 Å². The van der Waals surface area contributed by atoms with Crippen LogP contribution in [0.5, 0.6) is 0 Å². The summed E-state index contributed by atoms with van der Waals surface area (Å²) < 4.78 is 0. The molecule has 0 saturated heterocycles. The Kier molecular flexibility index (Phi) is 11.2. The number of rotatable bonds is 15. The number of fused-ring (bicyclic) bond motifs is 1. The average molecular weight is 582 g/mol. The maximum absolute atomic E-state index is 13.1. The molecule has 3 rings (SSSR count). The molecule has 5 unspecified atom stereocenters. The fraction of sp³-hybridized carbons (Fsp3) is 0.345. The number of carbonyl (C=O) groups excluding carboxylic acids is 3. The van der Waals surface area contributed by atoms with Crippen molar-refractivity contribution < 1.29 is 39.3 Å². The minimum atomic E-state index is -1.54. The summed E-state index contributed by atoms with van der Waals surface area (Å²) in [6.07, 6.45) is -0.498. The van der Waals surface area contributed by atoms with E-state index in [1.165, 1.54) is 6.92 Å². The number of carboxylic acid groups (broad SMARTS) is 2. The number of hydrogen-bond donors (Lipinski definition) is 8. The van der Waals surface area contributed by atoms with E-state index in [-0.39, 0.29) is 19.3 Å². The molecule has 0 aliphatic carbocycles. The van der Waals surface area contributed by atoms with Crippen molar-refractivity contribution in [3.63, 3.8) is 0 Å². The summed E-state index contributed by atoms with van der Waals surface area (Å²) in [7, 11) is 0. The summed E-state index contributed by atoms with van der Waals surface area (Å²) in [5.41, 5.74) is 8.38. The highest BCUT2D eigenvalue weighted by Gasteiger charge is 2.33. The van der Waals surface area contributed by atoms with Crippen LogP contribution in [0.25, 0.3) is 10.9 Å². The monoisotopic (exact) mass is 581 g/mol. The molecule has 0 bridgehead atoms. The highest BCUT2D eigenvalue weighted by Crippen LogP contribution is 2.19. The van der Waals surface area contributed by atoms with Crippen LogP contribution in [0.3, 0.4) is 0 Å². The van der Waals surface area contributed by atoms with E-state index in [2.05, 4.69) is 20.9 Å². The molecule has 13 nitrogen and oxygen atoms in total. The Morgan fingerprint density at radius 1 is 0.833 bits per heavy atom. The molecule has 0 aliphatic heterocycles. The fourth-order valence-corrected chi connectivity index (χ4v) is 4.42. The summed E-state index contributed by atoms with van der Waals surface area (Å²) in [4.78, 5) is 65.2. The lowest BCUT2D eigenvalue weighted by Gasteiger charge is -2.26. The number of aromatic amines is 1. The van der Waals surface area contributed by atoms with E-state index in [0.29, 0.717) is 5.56 Å². The zero-order valence-electron chi connectivity index (χ0n) is 22.9. The first-order chi connectivity index (χ1) is 20.0. The number of para-hydroxylation sites is 1. The molecule has 224 valence electrons. The van der Waals surface area contributed by atoms with Crippen LogP contribution >= 0.6 is 0 Å². The largest absolute Gasteiger partial charge is 0.481 e. The number of nitrogens with one attached hydrogen (secondary N) is 4. The Balaban J connectivity index is 1.69. The Hall–Kier alpha value is -4.75. The Morgan fingerprint density at radius 3 is 2.12 bits per heavy atom. The predicted molar refractivity (Wildman–Crippen MR) is 152 cm³/mol. The summed E-state index contributed by atoms with van der Waals surface area (Å²) in [5.74, 6) is -5.21. The van der Waals surface area contributed by atoms with Crippen LogP contribution < -0.4 is 21.7 Å². The number of carbonyl (C=O) groups is 5. The average Bonchev–Trinajstić information content (AvgIpc) is 3.36. The third kappa shape index (κ3) is 8.88. The number of carboxylic acids is 2. The quantitative estimate of drug-likeness (QED) is 0.121. The van der Waals surface area contributed by atoms with Crippen molar-refractivity contribution in [1.82, 2.24) is 20.9 Å². The summed E-state index contributed by atoms with van der Waals surface area (Å²) in [6, 6.07) is 10.5. The van der Waals surface area contributed by atoms with Crippen LogP contribution in [0, 0.1) is 0 Å². The second-order valence-corrected chi connectivity index (χ2v) is 9.98. The molecule has 5 atom stereocenters. The standard InChI is InChI=1S/C29H35N5O8/c1-16(35)25(34-26(38)20(30)14-18-15-31-21-10-6-5-9-19(18)21)28(40)32-22(11-12-24(36)37)27(39)33-23(29(41)42)13-17-7-3-2-4-8-17/h2-10,15-16,20,22-23,25,31,35H,11-14,30H2,1H3,(H,32,40)(H,33,39)(H,34,38)(H,36,37)(H,41,42). The van der Waals surface area contributed by atoms with Crippen molar-refractivity contribution in [3.8, 4) is 0 Å². The summed E-state index contributed by atoms with van der Waals surface area (Å²) in [6.45, 7) is 1.25. The van der Waals surface area contributed by atoms with Gasteiger partial charge >= 0.3 is 11.9 Å². The number of nitrogens with two attached hydrogens (primary N) is 1. The zero-order valence-corrected chi connectivity index (χ0v) is 22.9. The Bertz CT molecular complexity index is 1410. The number of amides is 3. The fourth-order valence-electron chi connectivity index (χ4n) is 4.42. The van der Waals surface area contributed by atoms with E-state index in [1.54, 1.807) is 36.5 Å². The molecular weight excluding hydrogens is 546 g/mol. The van der Waals surface area contributed by atoms with E-state index in [9.17, 15) is 34.2 Å². The highest BCUT2D eigenvalue weighted by atomic mass is 16.4. The number of H-pyrrole nitrogens is 1. The van der Waals surface area contributed by atoms with Gasteiger partial charge < -0.3 is 42.0 Å². The van der Waals surface area contributed by atoms with Crippen molar-refractivity contribution in [2.24, 2.45) is 5.73 Å². The van der Waals surface area contributed by atoms with Crippen LogP contribution in [-0.2, 0) is 36.8 Å². The van der Waals surface area contributed by atoms with Gasteiger partial charge in [-0.25, -0.2) is 4.79 Å². The van der Waals surface area contributed by atoms with Gasteiger partial charge in [-0.05, 0) is 37.0 Å². The number of aliphatic hydroxyl groups excluding tert-OH is 1. The topological polar surface area (TPSA) is 224 Å². The van der Waals surface area contributed by atoms with Crippen molar-refractivity contribution in [1.29, 1.82) is 0 Å². The molecule has 1 heterocycles. The third-order valence-electron chi connectivity index (χ3n) is 6.69. The predicted octanol–water partition coefficient (Wildman–Crippen LogP) is 0.0650. The maximum Gasteiger partial charge on any atom is 0.326 e. The molecule has 1 aromatic heterocycles. The molecular formula is C29H35N5O8. The van der Waals surface area contributed by atoms with Crippen molar-refractivity contribution in [2.75, 3.05) is 0 Å². The van der Waals surface area contributed by atoms with Crippen LogP contribution in [0.1, 0.15) is 30.9 Å². The molecule has 3 aromatic rings. The van der Waals surface area contributed by atoms with Crippen LogP contribution in [-0.4, -0.2) is 80.2 Å². The summed E-state index contributed by atoms with van der Waals surface area (Å²) in [5, 5.41) is 37.0. The Labute approximate surface area is 241 Å². The summed E-state index contributed by atoms with van der Waals surface area (Å²) >= 11 is 0. The number of benzene rings is 2. The van der Waals surface area contributed by atoms with Crippen LogP contribution in [0.15, 0.2) is 60.8 Å². The van der Waals surface area contributed by atoms with E-state index < -0.39 is 66.4 Å². The lowest BCUT2D eigenvalue weighted by atomic mass is 10.0. The van der Waals surface area contributed by atoms with Crippen LogP contribution in [0.2, 0.25) is 0 Å². The molecule has 9 N–H and O–H groups in total. The van der Waals surface area contributed by atoms with Gasteiger partial charge in [-0.2, -0.15) is 0 Å². The SMILES string of the molecule is CC(O)C(NC(=O)C(N)Cc1c[nH]c2ccccc12)C(=O)NC(CCC(=O)O)C(=O)NC(Cc1ccccc1)C(=O)O. The molecule has 3 amide bonds. The molecule has 0 fully saturated rings. The van der Waals surface area contributed by atoms with Crippen molar-refractivity contribution in [2.45, 2.75) is 62.9 Å². The second kappa shape index (κ2) is 14.8. The van der Waals surface area contributed by atoms with E-state index in [1.807, 2.05) is 24.3 Å². The molecule has 2 aromatic carbocycles. The molecule has 42 heavy (non-hydrogen) atoms. The lowest BCUT2D eigenvalue weighted by Crippen LogP contribution is -2.60. The van der Waals surface area contributed by atoms with Gasteiger partial charge in [0.2, 0.25) is 17.7 Å². The van der Waals surface area contributed by atoms with E-state index >= 15 is 0 Å². The number of hydrogen-bond acceptors (Lipinski definition) is 7. The normalized spacial score (nSPS) is 14.6. The van der Waals surface area contributed by atoms with Crippen molar-refractivity contribution in [3.05, 3.63) is 71.9 Å². The highest BCUT2D eigenvalue weighted by molar-refractivity contribution is 5.95. The van der Waals surface area contributed by atoms with Gasteiger partial charge in [-0.3, -0.25) is 19.2 Å². The van der Waals surface area contributed by atoms with Gasteiger partial charge in [0.15, 0.2) is 0 Å². The molecule has 0 radical (unpaired) electrons. The van der Waals surface area contributed by atoms with Gasteiger partial charge in [-0.1, -0.05) is 48.5 Å². The number of aromatic nitrogens is 1. The first kappa shape index (κ1) is 31.8. The minimum Gasteiger partial charge on any atom is -0.481 e. The van der Waals surface area contributed by atoms with Gasteiger partial charge in [-0.15, -0.1) is 0 Å². The van der Waals surface area contributed by atoms with Crippen LogP contribution in [0.4, 0.5) is 0 Å². The number of aliphatic carboxylic acids is 2. The van der Waals surface area contributed by atoms with Gasteiger partial charge in [0, 0.05) is 29.9 Å². The lowest BCUT2D eigenvalue weighted by molar-refractivity contribution is -0.143. The first-order valence-corrected chi connectivity index (χ1v) is 13.3. The molecule has 13 heteroatoms. The second-order valence-electron chi connectivity index (χ2n) is 9.98. The van der Waals surface area contributed by atoms with Crippen molar-refractivity contribution >= 4 is 40.6 Å².